The molecule has 0 bridgehead atoms. The minimum atomic E-state index is -0.852. The number of nitrogens with zero attached hydrogens (tertiary/aromatic N) is 3. The van der Waals surface area contributed by atoms with E-state index in [2.05, 4.69) is 5.10 Å². The number of rotatable bonds is 4. The second-order valence-electron chi connectivity index (χ2n) is 5.95. The SMILES string of the molecule is CC(=O)N1CCc2c(c(-c3ccc(N)cc3)nn2CCC(=O)O)C1. The van der Waals surface area contributed by atoms with E-state index in [-0.39, 0.29) is 12.3 Å². The van der Waals surface area contributed by atoms with Crippen LogP contribution in [-0.4, -0.2) is 38.2 Å². The van der Waals surface area contributed by atoms with Crippen LogP contribution in [0, 0.1) is 0 Å². The van der Waals surface area contributed by atoms with E-state index in [0.717, 1.165) is 22.5 Å². The van der Waals surface area contributed by atoms with Gasteiger partial charge < -0.3 is 15.7 Å². The van der Waals surface area contributed by atoms with Gasteiger partial charge >= 0.3 is 5.97 Å². The Morgan fingerprint density at radius 1 is 1.29 bits per heavy atom. The number of carboxylic acid groups (broad SMARTS) is 1. The molecule has 3 rings (SSSR count). The predicted molar refractivity (Wildman–Crippen MR) is 89.1 cm³/mol. The molecule has 0 aliphatic carbocycles. The maximum atomic E-state index is 11.7. The Bertz CT molecular complexity index is 780. The molecule has 0 unspecified atom stereocenters. The van der Waals surface area contributed by atoms with Crippen molar-refractivity contribution in [2.75, 3.05) is 12.3 Å². The number of hydrogen-bond acceptors (Lipinski definition) is 4. The monoisotopic (exact) mass is 328 g/mol. The van der Waals surface area contributed by atoms with Gasteiger partial charge in [0, 0.05) is 48.9 Å². The van der Waals surface area contributed by atoms with Gasteiger partial charge in [-0.25, -0.2) is 0 Å². The Morgan fingerprint density at radius 3 is 2.62 bits per heavy atom. The lowest BCUT2D eigenvalue weighted by molar-refractivity contribution is -0.137. The molecular weight excluding hydrogens is 308 g/mol. The number of aliphatic carboxylic acids is 1. The fourth-order valence-corrected chi connectivity index (χ4v) is 3.02. The summed E-state index contributed by atoms with van der Waals surface area (Å²) in [5.41, 5.74) is 10.1. The number of aryl methyl sites for hydroxylation is 1. The van der Waals surface area contributed by atoms with Crippen LogP contribution in [-0.2, 0) is 29.1 Å². The zero-order chi connectivity index (χ0) is 17.3. The molecule has 126 valence electrons. The number of carbonyl (C=O) groups is 2. The summed E-state index contributed by atoms with van der Waals surface area (Å²) in [6.07, 6.45) is 0.697. The fourth-order valence-electron chi connectivity index (χ4n) is 3.02. The fraction of sp³-hybridized carbons (Fsp3) is 0.353. The number of carboxylic acids is 1. The summed E-state index contributed by atoms with van der Waals surface area (Å²) in [4.78, 5) is 24.4. The molecule has 0 radical (unpaired) electrons. The van der Waals surface area contributed by atoms with E-state index in [1.165, 1.54) is 0 Å². The Kier molecular flexibility index (Phi) is 4.24. The van der Waals surface area contributed by atoms with Crippen molar-refractivity contribution in [2.45, 2.75) is 32.9 Å². The highest BCUT2D eigenvalue weighted by atomic mass is 16.4. The highest BCUT2D eigenvalue weighted by Crippen LogP contribution is 2.30. The van der Waals surface area contributed by atoms with Crippen molar-refractivity contribution in [3.8, 4) is 11.3 Å². The van der Waals surface area contributed by atoms with Gasteiger partial charge in [-0.1, -0.05) is 12.1 Å². The van der Waals surface area contributed by atoms with Crippen LogP contribution in [0.3, 0.4) is 0 Å². The summed E-state index contributed by atoms with van der Waals surface area (Å²) in [5, 5.41) is 13.6. The smallest absolute Gasteiger partial charge is 0.305 e. The number of fused-ring (bicyclic) bond motifs is 1. The van der Waals surface area contributed by atoms with Gasteiger partial charge in [-0.05, 0) is 12.1 Å². The molecule has 0 fully saturated rings. The molecule has 24 heavy (non-hydrogen) atoms. The van der Waals surface area contributed by atoms with Crippen molar-refractivity contribution in [1.29, 1.82) is 0 Å². The normalized spacial score (nSPS) is 13.6. The van der Waals surface area contributed by atoms with E-state index in [0.29, 0.717) is 31.7 Å². The molecule has 7 heteroatoms. The summed E-state index contributed by atoms with van der Waals surface area (Å²) in [6.45, 7) is 3.01. The topological polar surface area (TPSA) is 101 Å². The van der Waals surface area contributed by atoms with Crippen molar-refractivity contribution in [2.24, 2.45) is 0 Å². The molecule has 0 spiro atoms. The van der Waals surface area contributed by atoms with Gasteiger partial charge in [0.15, 0.2) is 0 Å². The van der Waals surface area contributed by atoms with Gasteiger partial charge in [0.25, 0.3) is 0 Å². The third-order valence-electron chi connectivity index (χ3n) is 4.30. The van der Waals surface area contributed by atoms with Crippen LogP contribution in [0.4, 0.5) is 5.69 Å². The Hall–Kier alpha value is -2.83. The molecular formula is C17H20N4O3. The Labute approximate surface area is 139 Å². The predicted octanol–water partition coefficient (Wildman–Crippen LogP) is 1.51. The lowest BCUT2D eigenvalue weighted by Gasteiger charge is -2.26. The molecule has 2 aromatic rings. The first-order valence-electron chi connectivity index (χ1n) is 7.87. The number of nitrogen functional groups attached to an aromatic ring is 1. The summed E-state index contributed by atoms with van der Waals surface area (Å²) in [6, 6.07) is 7.41. The molecule has 2 heterocycles. The van der Waals surface area contributed by atoms with Crippen LogP contribution in [0.15, 0.2) is 24.3 Å². The molecule has 1 aromatic heterocycles. The van der Waals surface area contributed by atoms with Gasteiger partial charge in [0.2, 0.25) is 5.91 Å². The number of nitrogens with two attached hydrogens (primary N) is 1. The zero-order valence-electron chi connectivity index (χ0n) is 13.5. The molecule has 1 amide bonds. The number of anilines is 1. The largest absolute Gasteiger partial charge is 0.481 e. The van der Waals surface area contributed by atoms with Crippen molar-refractivity contribution < 1.29 is 14.7 Å². The zero-order valence-corrected chi connectivity index (χ0v) is 13.5. The Morgan fingerprint density at radius 2 is 2.00 bits per heavy atom. The first-order chi connectivity index (χ1) is 11.5. The molecule has 7 nitrogen and oxygen atoms in total. The summed E-state index contributed by atoms with van der Waals surface area (Å²) in [7, 11) is 0. The summed E-state index contributed by atoms with van der Waals surface area (Å²) < 4.78 is 1.77. The van der Waals surface area contributed by atoms with E-state index in [4.69, 9.17) is 10.8 Å². The Balaban J connectivity index is 2.02. The van der Waals surface area contributed by atoms with E-state index in [1.807, 2.05) is 24.3 Å². The molecule has 0 atom stereocenters. The average molecular weight is 328 g/mol. The van der Waals surface area contributed by atoms with Gasteiger partial charge in [0.1, 0.15) is 0 Å². The summed E-state index contributed by atoms with van der Waals surface area (Å²) in [5.74, 6) is -0.823. The quantitative estimate of drug-likeness (QED) is 0.829. The number of amides is 1. The minimum Gasteiger partial charge on any atom is -0.481 e. The number of benzene rings is 1. The first-order valence-corrected chi connectivity index (χ1v) is 7.87. The molecule has 1 aliphatic rings. The molecule has 3 N–H and O–H groups in total. The lowest BCUT2D eigenvalue weighted by atomic mass is 10.0. The average Bonchev–Trinajstić information content (AvgIpc) is 2.91. The van der Waals surface area contributed by atoms with Crippen LogP contribution < -0.4 is 5.73 Å². The van der Waals surface area contributed by atoms with Gasteiger partial charge in [0.05, 0.1) is 18.7 Å². The van der Waals surface area contributed by atoms with E-state index in [1.54, 1.807) is 16.5 Å². The van der Waals surface area contributed by atoms with Crippen molar-refractivity contribution in [3.05, 3.63) is 35.5 Å². The van der Waals surface area contributed by atoms with Gasteiger partial charge in [-0.3, -0.25) is 14.3 Å². The van der Waals surface area contributed by atoms with Gasteiger partial charge in [-0.2, -0.15) is 5.10 Å². The minimum absolute atomic E-state index is 0.0196. The van der Waals surface area contributed by atoms with Crippen LogP contribution in [0.5, 0.6) is 0 Å². The van der Waals surface area contributed by atoms with Crippen LogP contribution in [0.2, 0.25) is 0 Å². The molecule has 1 aliphatic heterocycles. The second kappa shape index (κ2) is 6.35. The van der Waals surface area contributed by atoms with Crippen molar-refractivity contribution >= 4 is 17.6 Å². The van der Waals surface area contributed by atoms with E-state index in [9.17, 15) is 9.59 Å². The maximum absolute atomic E-state index is 11.7. The lowest BCUT2D eigenvalue weighted by Crippen LogP contribution is -2.34. The number of carbonyl (C=O) groups excluding carboxylic acids is 1. The summed E-state index contributed by atoms with van der Waals surface area (Å²) >= 11 is 0. The van der Waals surface area contributed by atoms with E-state index >= 15 is 0 Å². The second-order valence-corrected chi connectivity index (χ2v) is 5.95. The van der Waals surface area contributed by atoms with Crippen molar-refractivity contribution in [3.63, 3.8) is 0 Å². The standard InChI is InChI=1S/C17H20N4O3/c1-11(22)20-8-6-15-14(10-20)17(12-2-4-13(18)5-3-12)19-21(15)9-7-16(23)24/h2-5H,6-10,18H2,1H3,(H,23,24). The number of hydrogen-bond donors (Lipinski definition) is 2. The highest BCUT2D eigenvalue weighted by molar-refractivity contribution is 5.75. The highest BCUT2D eigenvalue weighted by Gasteiger charge is 2.26. The van der Waals surface area contributed by atoms with Crippen molar-refractivity contribution in [1.82, 2.24) is 14.7 Å². The van der Waals surface area contributed by atoms with Crippen LogP contribution in [0.25, 0.3) is 11.3 Å². The molecule has 0 saturated heterocycles. The van der Waals surface area contributed by atoms with Crippen LogP contribution in [0.1, 0.15) is 24.6 Å². The maximum Gasteiger partial charge on any atom is 0.305 e. The molecule has 0 saturated carbocycles. The van der Waals surface area contributed by atoms with Gasteiger partial charge in [-0.15, -0.1) is 0 Å². The molecule has 1 aromatic carbocycles. The third kappa shape index (κ3) is 3.10. The first kappa shape index (κ1) is 16.0. The van der Waals surface area contributed by atoms with E-state index < -0.39 is 5.97 Å². The van der Waals surface area contributed by atoms with Crippen LogP contribution >= 0.6 is 0 Å². The number of aromatic nitrogens is 2. The third-order valence-corrected chi connectivity index (χ3v) is 4.30.